The summed E-state index contributed by atoms with van der Waals surface area (Å²) in [5, 5.41) is 5.57. The van der Waals surface area contributed by atoms with Gasteiger partial charge in [0.1, 0.15) is 9.88 Å². The third kappa shape index (κ3) is 3.72. The number of ketones is 1. The Labute approximate surface area is 187 Å². The molecule has 3 heterocycles. The molecule has 158 valence electrons. The van der Waals surface area contributed by atoms with Crippen LogP contribution in [0.4, 0.5) is 0 Å². The van der Waals surface area contributed by atoms with Crippen LogP contribution < -0.4 is 0 Å². The molecule has 5 rings (SSSR count). The van der Waals surface area contributed by atoms with Crippen molar-refractivity contribution < 1.29 is 14.3 Å². The van der Waals surface area contributed by atoms with E-state index < -0.39 is 12.1 Å². The van der Waals surface area contributed by atoms with Gasteiger partial charge in [-0.1, -0.05) is 48.5 Å². The molecule has 0 radical (unpaired) electrons. The number of thiazole rings is 1. The number of hydrogen-bond donors (Lipinski definition) is 1. The molecular weight excluding hydrogens is 424 g/mol. The van der Waals surface area contributed by atoms with Crippen LogP contribution in [-0.2, 0) is 11.8 Å². The predicted octanol–water partition coefficient (Wildman–Crippen LogP) is 4.81. The zero-order valence-corrected chi connectivity index (χ0v) is 17.9. The minimum Gasteiger partial charge on any atom is -0.445 e. The first-order chi connectivity index (χ1) is 15.6. The molecule has 0 aliphatic carbocycles. The van der Waals surface area contributed by atoms with Gasteiger partial charge in [-0.15, -0.1) is 11.3 Å². The summed E-state index contributed by atoms with van der Waals surface area (Å²) in [6.45, 7) is 0. The fourth-order valence-corrected chi connectivity index (χ4v) is 4.29. The third-order valence-corrected chi connectivity index (χ3v) is 6.11. The zero-order valence-electron chi connectivity index (χ0n) is 17.1. The topological polar surface area (TPSA) is 89.9 Å². The van der Waals surface area contributed by atoms with E-state index in [1.165, 1.54) is 17.5 Å². The van der Waals surface area contributed by atoms with E-state index in [9.17, 15) is 9.59 Å². The number of nitrogens with zero attached hydrogens (tertiary/aromatic N) is 3. The summed E-state index contributed by atoms with van der Waals surface area (Å²) in [5.74, 6) is -0.890. The van der Waals surface area contributed by atoms with Gasteiger partial charge in [-0.25, -0.2) is 9.78 Å². The lowest BCUT2D eigenvalue weighted by molar-refractivity contribution is 0.0285. The Balaban J connectivity index is 1.46. The molecule has 2 aromatic carbocycles. The summed E-state index contributed by atoms with van der Waals surface area (Å²) >= 11 is 1.20. The lowest BCUT2D eigenvalue weighted by Gasteiger charge is -2.16. The van der Waals surface area contributed by atoms with Crippen molar-refractivity contribution in [2.45, 2.75) is 6.10 Å². The first-order valence-corrected chi connectivity index (χ1v) is 10.7. The van der Waals surface area contributed by atoms with Crippen molar-refractivity contribution in [3.63, 3.8) is 0 Å². The number of fused-ring (bicyclic) bond motifs is 1. The molecule has 8 heteroatoms. The van der Waals surface area contributed by atoms with Crippen LogP contribution >= 0.6 is 11.3 Å². The quantitative estimate of drug-likeness (QED) is 0.301. The smallest absolute Gasteiger partial charge is 0.351 e. The second kappa shape index (κ2) is 8.24. The summed E-state index contributed by atoms with van der Waals surface area (Å²) in [6, 6.07) is 16.6. The van der Waals surface area contributed by atoms with Gasteiger partial charge in [0.05, 0.1) is 12.4 Å². The van der Waals surface area contributed by atoms with Gasteiger partial charge in [-0.2, -0.15) is 5.10 Å². The van der Waals surface area contributed by atoms with Crippen LogP contribution in [0.25, 0.3) is 21.5 Å². The molecule has 3 aromatic heterocycles. The standard InChI is InChI=1S/C24H18N4O3S/c1-28-14-16(11-27-28)23-26-13-20(32-23)24(30)31-22(15-7-3-2-4-8-15)21(29)18-12-25-19-10-6-5-9-17(18)19/h2-14,22,25H,1H3. The highest BCUT2D eigenvalue weighted by Crippen LogP contribution is 2.30. The number of Topliss-reactive ketones (excluding diaryl/α,β-unsaturated/α-hetero) is 1. The lowest BCUT2D eigenvalue weighted by atomic mass is 9.99. The number of ether oxygens (including phenoxy) is 1. The molecule has 7 nitrogen and oxygen atoms in total. The van der Waals surface area contributed by atoms with Crippen LogP contribution in [0.2, 0.25) is 0 Å². The number of aromatic nitrogens is 4. The van der Waals surface area contributed by atoms with Crippen molar-refractivity contribution >= 4 is 34.0 Å². The first-order valence-electron chi connectivity index (χ1n) is 9.91. The maximum absolute atomic E-state index is 13.5. The molecule has 0 fully saturated rings. The maximum Gasteiger partial charge on any atom is 0.351 e. The van der Waals surface area contributed by atoms with Gasteiger partial charge < -0.3 is 9.72 Å². The highest BCUT2D eigenvalue weighted by molar-refractivity contribution is 7.16. The number of aromatic amines is 1. The highest BCUT2D eigenvalue weighted by atomic mass is 32.1. The van der Waals surface area contributed by atoms with E-state index in [2.05, 4.69) is 15.1 Å². The number of nitrogens with one attached hydrogen (secondary N) is 1. The van der Waals surface area contributed by atoms with E-state index in [0.717, 1.165) is 16.5 Å². The van der Waals surface area contributed by atoms with Crippen LogP contribution in [0, 0.1) is 0 Å². The van der Waals surface area contributed by atoms with Crippen molar-refractivity contribution in [1.29, 1.82) is 0 Å². The van der Waals surface area contributed by atoms with E-state index in [-0.39, 0.29) is 5.78 Å². The second-order valence-corrected chi connectivity index (χ2v) is 8.27. The van der Waals surface area contributed by atoms with Crippen LogP contribution in [0.15, 0.2) is 79.4 Å². The van der Waals surface area contributed by atoms with Gasteiger partial charge in [0, 0.05) is 47.0 Å². The number of para-hydroxylation sites is 1. The van der Waals surface area contributed by atoms with E-state index in [1.54, 1.807) is 29.2 Å². The number of carbonyl (C=O) groups excluding carboxylic acids is 2. The van der Waals surface area contributed by atoms with Crippen molar-refractivity contribution in [1.82, 2.24) is 19.7 Å². The molecule has 0 bridgehead atoms. The molecule has 1 N–H and O–H groups in total. The number of rotatable bonds is 6. The van der Waals surface area contributed by atoms with Crippen molar-refractivity contribution in [2.75, 3.05) is 0 Å². The largest absolute Gasteiger partial charge is 0.445 e. The number of hydrogen-bond acceptors (Lipinski definition) is 6. The molecule has 0 aliphatic rings. The summed E-state index contributed by atoms with van der Waals surface area (Å²) in [5.41, 5.74) is 2.74. The second-order valence-electron chi connectivity index (χ2n) is 7.24. The fraction of sp³-hybridized carbons (Fsp3) is 0.0833. The Kier molecular flexibility index (Phi) is 5.12. The van der Waals surface area contributed by atoms with E-state index in [4.69, 9.17) is 4.74 Å². The summed E-state index contributed by atoms with van der Waals surface area (Å²) < 4.78 is 7.43. The Morgan fingerprint density at radius 3 is 2.62 bits per heavy atom. The lowest BCUT2D eigenvalue weighted by Crippen LogP contribution is -2.19. The number of esters is 1. The molecular formula is C24H18N4O3S. The highest BCUT2D eigenvalue weighted by Gasteiger charge is 2.29. The Bertz CT molecular complexity index is 1420. The van der Waals surface area contributed by atoms with Gasteiger partial charge in [-0.3, -0.25) is 9.48 Å². The molecule has 32 heavy (non-hydrogen) atoms. The Morgan fingerprint density at radius 2 is 1.84 bits per heavy atom. The van der Waals surface area contributed by atoms with E-state index in [1.807, 2.05) is 55.7 Å². The van der Waals surface area contributed by atoms with Gasteiger partial charge in [0.15, 0.2) is 6.10 Å². The number of benzene rings is 2. The predicted molar refractivity (Wildman–Crippen MR) is 122 cm³/mol. The summed E-state index contributed by atoms with van der Waals surface area (Å²) in [6.07, 6.45) is 5.55. The average molecular weight is 443 g/mol. The normalized spacial score (nSPS) is 12.0. The van der Waals surface area contributed by atoms with Crippen molar-refractivity contribution in [3.05, 3.63) is 95.4 Å². The van der Waals surface area contributed by atoms with Crippen molar-refractivity contribution in [2.24, 2.45) is 7.05 Å². The Morgan fingerprint density at radius 1 is 1.06 bits per heavy atom. The molecule has 5 aromatic rings. The SMILES string of the molecule is Cn1cc(-c2ncc(C(=O)OC(C(=O)c3c[nH]c4ccccc34)c3ccccc3)s2)cn1. The van der Waals surface area contributed by atoms with Crippen molar-refractivity contribution in [3.8, 4) is 10.6 Å². The summed E-state index contributed by atoms with van der Waals surface area (Å²) in [4.78, 5) is 34.2. The number of carbonyl (C=O) groups is 2. The van der Waals surface area contributed by atoms with E-state index >= 15 is 0 Å². The Hall–Kier alpha value is -4.04. The maximum atomic E-state index is 13.5. The minimum absolute atomic E-state index is 0.293. The summed E-state index contributed by atoms with van der Waals surface area (Å²) in [7, 11) is 1.81. The van der Waals surface area contributed by atoms with Gasteiger partial charge in [0.25, 0.3) is 0 Å². The van der Waals surface area contributed by atoms with Gasteiger partial charge in [0.2, 0.25) is 5.78 Å². The fourth-order valence-electron chi connectivity index (χ4n) is 3.52. The molecule has 0 spiro atoms. The molecule has 0 saturated carbocycles. The van der Waals surface area contributed by atoms with Gasteiger partial charge >= 0.3 is 5.97 Å². The zero-order chi connectivity index (χ0) is 22.1. The number of aryl methyl sites for hydroxylation is 1. The monoisotopic (exact) mass is 442 g/mol. The van der Waals surface area contributed by atoms with Crippen LogP contribution in [0.5, 0.6) is 0 Å². The number of H-pyrrole nitrogens is 1. The molecule has 0 saturated heterocycles. The van der Waals surface area contributed by atoms with Crippen LogP contribution in [0.1, 0.15) is 31.7 Å². The molecule has 0 amide bonds. The molecule has 0 aliphatic heterocycles. The molecule has 1 unspecified atom stereocenters. The average Bonchev–Trinajstić information content (AvgIpc) is 3.56. The van der Waals surface area contributed by atoms with E-state index in [0.29, 0.717) is 21.0 Å². The first kappa shape index (κ1) is 19.9. The van der Waals surface area contributed by atoms with Crippen LogP contribution in [0.3, 0.4) is 0 Å². The van der Waals surface area contributed by atoms with Gasteiger partial charge in [-0.05, 0) is 6.07 Å². The minimum atomic E-state index is -1.08. The van der Waals surface area contributed by atoms with Crippen LogP contribution in [-0.4, -0.2) is 31.5 Å². The third-order valence-electron chi connectivity index (χ3n) is 5.08. The molecule has 1 atom stereocenters.